The van der Waals surface area contributed by atoms with Crippen LogP contribution in [0.5, 0.6) is 0 Å². The monoisotopic (exact) mass is 164 g/mol. The highest BCUT2D eigenvalue weighted by Gasteiger charge is 1.99. The Morgan fingerprint density at radius 3 is 2.67 bits per heavy atom. The first-order valence-electron chi connectivity index (χ1n) is 3.70. The van der Waals surface area contributed by atoms with Crippen LogP contribution >= 0.6 is 0 Å². The van der Waals surface area contributed by atoms with Crippen LogP contribution in [-0.4, -0.2) is 10.9 Å². The van der Waals surface area contributed by atoms with E-state index < -0.39 is 0 Å². The number of nitrogens with two attached hydrogens (primary N) is 1. The Hall–Kier alpha value is -1.51. The first-order chi connectivity index (χ1) is 5.65. The second-order valence-corrected chi connectivity index (χ2v) is 2.76. The van der Waals surface area contributed by atoms with Crippen LogP contribution in [0.25, 0.3) is 0 Å². The van der Waals surface area contributed by atoms with Gasteiger partial charge in [-0.1, -0.05) is 11.2 Å². The van der Waals surface area contributed by atoms with Crippen LogP contribution in [0.15, 0.2) is 23.4 Å². The van der Waals surface area contributed by atoms with E-state index in [4.69, 9.17) is 10.9 Å². The van der Waals surface area contributed by atoms with Gasteiger partial charge in [-0.05, 0) is 37.1 Å². The van der Waals surface area contributed by atoms with Crippen molar-refractivity contribution >= 4 is 11.4 Å². The van der Waals surface area contributed by atoms with E-state index in [0.29, 0.717) is 5.71 Å². The van der Waals surface area contributed by atoms with Gasteiger partial charge in [0.2, 0.25) is 0 Å². The minimum atomic E-state index is 0.595. The number of oxime groups is 1. The summed E-state index contributed by atoms with van der Waals surface area (Å²) in [5, 5.41) is 11.6. The summed E-state index contributed by atoms with van der Waals surface area (Å²) in [6, 6.07) is 5.53. The smallest absolute Gasteiger partial charge is 0.0837 e. The van der Waals surface area contributed by atoms with Crippen LogP contribution in [-0.2, 0) is 0 Å². The molecule has 1 rings (SSSR count). The normalized spacial score (nSPS) is 11.7. The summed E-state index contributed by atoms with van der Waals surface area (Å²) >= 11 is 0. The predicted molar refractivity (Wildman–Crippen MR) is 49.6 cm³/mol. The average molecular weight is 164 g/mol. The molecule has 0 atom stereocenters. The summed E-state index contributed by atoms with van der Waals surface area (Å²) in [5.74, 6) is 0. The summed E-state index contributed by atoms with van der Waals surface area (Å²) in [7, 11) is 0. The molecule has 0 aromatic heterocycles. The maximum absolute atomic E-state index is 8.51. The minimum Gasteiger partial charge on any atom is -0.411 e. The zero-order chi connectivity index (χ0) is 9.14. The Kier molecular flexibility index (Phi) is 2.33. The van der Waals surface area contributed by atoms with Crippen molar-refractivity contribution in [1.82, 2.24) is 0 Å². The first-order valence-corrected chi connectivity index (χ1v) is 3.70. The van der Waals surface area contributed by atoms with Crippen molar-refractivity contribution in [2.24, 2.45) is 5.16 Å². The van der Waals surface area contributed by atoms with E-state index in [1.165, 1.54) is 0 Å². The van der Waals surface area contributed by atoms with Gasteiger partial charge in [-0.15, -0.1) is 0 Å². The SMILES string of the molecule is C/C(=N\O)c1ccc(N)c(C)c1. The van der Waals surface area contributed by atoms with Gasteiger partial charge >= 0.3 is 0 Å². The number of anilines is 1. The summed E-state index contributed by atoms with van der Waals surface area (Å²) < 4.78 is 0. The molecule has 0 bridgehead atoms. The van der Waals surface area contributed by atoms with Crippen molar-refractivity contribution in [3.05, 3.63) is 29.3 Å². The van der Waals surface area contributed by atoms with Gasteiger partial charge in [0.05, 0.1) is 5.71 Å². The fourth-order valence-corrected chi connectivity index (χ4v) is 0.958. The molecule has 12 heavy (non-hydrogen) atoms. The van der Waals surface area contributed by atoms with Gasteiger partial charge in [0.1, 0.15) is 0 Å². The summed E-state index contributed by atoms with van der Waals surface area (Å²) in [4.78, 5) is 0. The summed E-state index contributed by atoms with van der Waals surface area (Å²) in [5.41, 5.74) is 8.87. The van der Waals surface area contributed by atoms with Crippen LogP contribution in [0.2, 0.25) is 0 Å². The Bertz CT molecular complexity index is 318. The highest BCUT2D eigenvalue weighted by atomic mass is 16.4. The lowest BCUT2D eigenvalue weighted by Crippen LogP contribution is -1.97. The Morgan fingerprint density at radius 2 is 2.17 bits per heavy atom. The lowest BCUT2D eigenvalue weighted by atomic mass is 10.1. The molecule has 3 N–H and O–H groups in total. The number of benzene rings is 1. The van der Waals surface area contributed by atoms with Gasteiger partial charge in [-0.2, -0.15) is 0 Å². The second-order valence-electron chi connectivity index (χ2n) is 2.76. The lowest BCUT2D eigenvalue weighted by Gasteiger charge is -2.02. The molecule has 3 heteroatoms. The van der Waals surface area contributed by atoms with Gasteiger partial charge in [-0.25, -0.2) is 0 Å². The Morgan fingerprint density at radius 1 is 1.50 bits per heavy atom. The van der Waals surface area contributed by atoms with Crippen LogP contribution in [0.1, 0.15) is 18.1 Å². The molecule has 1 aromatic rings. The highest BCUT2D eigenvalue weighted by Crippen LogP contribution is 2.12. The Balaban J connectivity index is 3.13. The molecule has 0 aliphatic rings. The van der Waals surface area contributed by atoms with Gasteiger partial charge in [0.25, 0.3) is 0 Å². The van der Waals surface area contributed by atoms with E-state index in [-0.39, 0.29) is 0 Å². The molecule has 0 saturated carbocycles. The minimum absolute atomic E-state index is 0.595. The molecule has 0 saturated heterocycles. The van der Waals surface area contributed by atoms with Crippen molar-refractivity contribution in [2.75, 3.05) is 5.73 Å². The van der Waals surface area contributed by atoms with Crippen molar-refractivity contribution in [3.8, 4) is 0 Å². The number of nitrogens with zero attached hydrogens (tertiary/aromatic N) is 1. The van der Waals surface area contributed by atoms with Crippen LogP contribution in [0.4, 0.5) is 5.69 Å². The summed E-state index contributed by atoms with van der Waals surface area (Å²) in [6.07, 6.45) is 0. The molecule has 0 radical (unpaired) electrons. The van der Waals surface area contributed by atoms with Gasteiger partial charge in [0.15, 0.2) is 0 Å². The molecular weight excluding hydrogens is 152 g/mol. The Labute approximate surface area is 71.5 Å². The zero-order valence-corrected chi connectivity index (χ0v) is 7.20. The maximum atomic E-state index is 8.51. The molecule has 64 valence electrons. The zero-order valence-electron chi connectivity index (χ0n) is 7.20. The molecule has 0 heterocycles. The lowest BCUT2D eigenvalue weighted by molar-refractivity contribution is 0.319. The van der Waals surface area contributed by atoms with Gasteiger partial charge in [0, 0.05) is 5.69 Å². The van der Waals surface area contributed by atoms with Crippen LogP contribution in [0.3, 0.4) is 0 Å². The number of rotatable bonds is 1. The highest BCUT2D eigenvalue weighted by molar-refractivity contribution is 5.98. The van der Waals surface area contributed by atoms with Crippen molar-refractivity contribution in [1.29, 1.82) is 0 Å². The van der Waals surface area contributed by atoms with Crippen molar-refractivity contribution in [3.63, 3.8) is 0 Å². The van der Waals surface area contributed by atoms with E-state index >= 15 is 0 Å². The van der Waals surface area contributed by atoms with Crippen LogP contribution < -0.4 is 5.73 Å². The van der Waals surface area contributed by atoms with E-state index in [0.717, 1.165) is 16.8 Å². The number of hydrogen-bond donors (Lipinski definition) is 2. The quantitative estimate of drug-likeness (QED) is 0.287. The average Bonchev–Trinajstić information content (AvgIpc) is 2.08. The largest absolute Gasteiger partial charge is 0.411 e. The molecule has 0 unspecified atom stereocenters. The van der Waals surface area contributed by atoms with Crippen molar-refractivity contribution < 1.29 is 5.21 Å². The standard InChI is InChI=1S/C9H12N2O/c1-6-5-8(7(2)11-12)3-4-9(6)10/h3-5,12H,10H2,1-2H3/b11-7+. The molecule has 0 aliphatic carbocycles. The third-order valence-electron chi connectivity index (χ3n) is 1.84. The van der Waals surface area contributed by atoms with Crippen molar-refractivity contribution in [2.45, 2.75) is 13.8 Å². The molecule has 0 fully saturated rings. The number of hydrogen-bond acceptors (Lipinski definition) is 3. The van der Waals surface area contributed by atoms with E-state index in [1.54, 1.807) is 13.0 Å². The molecule has 3 nitrogen and oxygen atoms in total. The fourth-order valence-electron chi connectivity index (χ4n) is 0.958. The summed E-state index contributed by atoms with van der Waals surface area (Å²) in [6.45, 7) is 3.66. The maximum Gasteiger partial charge on any atom is 0.0837 e. The van der Waals surface area contributed by atoms with Gasteiger partial charge in [-0.3, -0.25) is 0 Å². The third kappa shape index (κ3) is 1.56. The fraction of sp³-hybridized carbons (Fsp3) is 0.222. The molecule has 0 amide bonds. The van der Waals surface area contributed by atoms with Crippen LogP contribution in [0, 0.1) is 6.92 Å². The number of nitrogen functional groups attached to an aromatic ring is 1. The van der Waals surface area contributed by atoms with Gasteiger partial charge < -0.3 is 10.9 Å². The third-order valence-corrected chi connectivity index (χ3v) is 1.84. The first kappa shape index (κ1) is 8.59. The molecular formula is C9H12N2O. The molecule has 0 aliphatic heterocycles. The molecule has 1 aromatic carbocycles. The second kappa shape index (κ2) is 3.26. The van der Waals surface area contributed by atoms with E-state index in [1.807, 2.05) is 19.1 Å². The molecule has 0 spiro atoms. The van der Waals surface area contributed by atoms with E-state index in [2.05, 4.69) is 5.16 Å². The number of aryl methyl sites for hydroxylation is 1. The topological polar surface area (TPSA) is 58.6 Å². The van der Waals surface area contributed by atoms with E-state index in [9.17, 15) is 0 Å². The predicted octanol–water partition coefficient (Wildman–Crippen LogP) is 1.78.